The highest BCUT2D eigenvalue weighted by molar-refractivity contribution is 5.82. The smallest absolute Gasteiger partial charge is 0.306 e. The summed E-state index contributed by atoms with van der Waals surface area (Å²) in [6.07, 6.45) is 3.62. The summed E-state index contributed by atoms with van der Waals surface area (Å²) in [4.78, 5) is 33.5. The molecule has 7 nitrogen and oxygen atoms in total. The fourth-order valence-corrected chi connectivity index (χ4v) is 2.57. The maximum absolute atomic E-state index is 11.7. The maximum Gasteiger partial charge on any atom is 0.306 e. The van der Waals surface area contributed by atoms with Crippen LogP contribution >= 0.6 is 0 Å². The lowest BCUT2D eigenvalue weighted by Gasteiger charge is -2.28. The monoisotopic (exact) mass is 285 g/mol. The van der Waals surface area contributed by atoms with Crippen LogP contribution in [0, 0.1) is 11.8 Å². The van der Waals surface area contributed by atoms with Crippen molar-refractivity contribution in [1.82, 2.24) is 5.32 Å². The summed E-state index contributed by atoms with van der Waals surface area (Å²) < 4.78 is 0. The van der Waals surface area contributed by atoms with Crippen molar-refractivity contribution in [2.75, 3.05) is 6.54 Å². The number of carboxylic acid groups (broad SMARTS) is 1. The fraction of sp³-hybridized carbons (Fsp3) is 0.769. The summed E-state index contributed by atoms with van der Waals surface area (Å²) in [6.45, 7) is 0.320. The number of primary amides is 1. The number of nitrogens with one attached hydrogen (secondary N) is 1. The van der Waals surface area contributed by atoms with E-state index in [4.69, 9.17) is 16.6 Å². The Morgan fingerprint density at radius 3 is 2.50 bits per heavy atom. The Labute approximate surface area is 118 Å². The number of carbonyl (C=O) groups excluding carboxylic acids is 2. The van der Waals surface area contributed by atoms with Gasteiger partial charge in [0.05, 0.1) is 12.0 Å². The van der Waals surface area contributed by atoms with Gasteiger partial charge in [0, 0.05) is 13.0 Å². The first-order valence-corrected chi connectivity index (χ1v) is 6.96. The van der Waals surface area contributed by atoms with E-state index in [1.54, 1.807) is 0 Å². The Kier molecular flexibility index (Phi) is 6.44. The molecule has 0 spiro atoms. The van der Waals surface area contributed by atoms with Crippen LogP contribution in [0.25, 0.3) is 0 Å². The van der Waals surface area contributed by atoms with Gasteiger partial charge in [-0.25, -0.2) is 0 Å². The molecule has 0 saturated heterocycles. The minimum Gasteiger partial charge on any atom is -0.481 e. The van der Waals surface area contributed by atoms with Gasteiger partial charge >= 0.3 is 5.97 Å². The minimum absolute atomic E-state index is 0.0476. The second kappa shape index (κ2) is 7.84. The molecule has 0 aromatic heterocycles. The topological polar surface area (TPSA) is 136 Å². The Morgan fingerprint density at radius 2 is 1.90 bits per heavy atom. The zero-order valence-electron chi connectivity index (χ0n) is 11.5. The van der Waals surface area contributed by atoms with Crippen molar-refractivity contribution >= 4 is 17.8 Å². The summed E-state index contributed by atoms with van der Waals surface area (Å²) in [6, 6.07) is -0.783. The average molecular weight is 285 g/mol. The van der Waals surface area contributed by atoms with Crippen molar-refractivity contribution in [2.24, 2.45) is 23.3 Å². The quantitative estimate of drug-likeness (QED) is 0.504. The van der Waals surface area contributed by atoms with Gasteiger partial charge in [0.15, 0.2) is 0 Å². The number of carboxylic acids is 1. The Bertz CT molecular complexity index is 373. The first-order chi connectivity index (χ1) is 9.41. The second-order valence-electron chi connectivity index (χ2n) is 5.35. The molecule has 0 heterocycles. The molecule has 1 aliphatic rings. The number of hydrogen-bond donors (Lipinski definition) is 4. The van der Waals surface area contributed by atoms with Gasteiger partial charge in [0.1, 0.15) is 0 Å². The lowest BCUT2D eigenvalue weighted by Crippen LogP contribution is -2.44. The molecule has 114 valence electrons. The van der Waals surface area contributed by atoms with Crippen LogP contribution in [0.4, 0.5) is 0 Å². The number of hydrogen-bond acceptors (Lipinski definition) is 4. The van der Waals surface area contributed by atoms with Crippen molar-refractivity contribution in [3.63, 3.8) is 0 Å². The lowest BCUT2D eigenvalue weighted by molar-refractivity contribution is -0.145. The van der Waals surface area contributed by atoms with E-state index >= 15 is 0 Å². The van der Waals surface area contributed by atoms with Gasteiger partial charge in [-0.2, -0.15) is 0 Å². The van der Waals surface area contributed by atoms with Crippen LogP contribution < -0.4 is 16.8 Å². The predicted octanol–water partition coefficient (Wildman–Crippen LogP) is -0.414. The molecule has 2 amide bonds. The summed E-state index contributed by atoms with van der Waals surface area (Å²) in [5.41, 5.74) is 10.6. The molecule has 1 saturated carbocycles. The molecule has 0 radical (unpaired) electrons. The molecule has 0 unspecified atom stereocenters. The number of aliphatic carboxylic acids is 1. The molecule has 6 N–H and O–H groups in total. The SMILES string of the molecule is NC(=O)CC[C@H](N)C(=O)NC[C@@H]1CCCC[C@@H]1C(=O)O. The molecule has 0 aromatic carbocycles. The van der Waals surface area contributed by atoms with Crippen LogP contribution in [0.1, 0.15) is 38.5 Å². The molecule has 0 aromatic rings. The summed E-state index contributed by atoms with van der Waals surface area (Å²) in [5.74, 6) is -2.10. The highest BCUT2D eigenvalue weighted by atomic mass is 16.4. The van der Waals surface area contributed by atoms with E-state index in [0.717, 1.165) is 19.3 Å². The van der Waals surface area contributed by atoms with Crippen molar-refractivity contribution in [3.05, 3.63) is 0 Å². The molecule has 20 heavy (non-hydrogen) atoms. The van der Waals surface area contributed by atoms with Gasteiger partial charge < -0.3 is 21.9 Å². The Hall–Kier alpha value is -1.63. The maximum atomic E-state index is 11.7. The molecule has 3 atom stereocenters. The number of amides is 2. The van der Waals surface area contributed by atoms with Crippen molar-refractivity contribution in [1.29, 1.82) is 0 Å². The molecule has 1 fully saturated rings. The summed E-state index contributed by atoms with van der Waals surface area (Å²) >= 11 is 0. The average Bonchev–Trinajstić information content (AvgIpc) is 2.42. The van der Waals surface area contributed by atoms with Crippen LogP contribution in [0.15, 0.2) is 0 Å². The predicted molar refractivity (Wildman–Crippen MR) is 72.5 cm³/mol. The van der Waals surface area contributed by atoms with E-state index in [-0.39, 0.29) is 24.7 Å². The van der Waals surface area contributed by atoms with Crippen molar-refractivity contribution in [3.8, 4) is 0 Å². The number of carbonyl (C=O) groups is 3. The largest absolute Gasteiger partial charge is 0.481 e. The molecule has 0 aliphatic heterocycles. The van der Waals surface area contributed by atoms with Gasteiger partial charge in [-0.05, 0) is 25.2 Å². The van der Waals surface area contributed by atoms with Crippen molar-refractivity contribution in [2.45, 2.75) is 44.6 Å². The lowest BCUT2D eigenvalue weighted by atomic mass is 9.79. The normalized spacial score (nSPS) is 23.9. The van der Waals surface area contributed by atoms with E-state index in [9.17, 15) is 14.4 Å². The van der Waals surface area contributed by atoms with Crippen LogP contribution in [-0.2, 0) is 14.4 Å². The van der Waals surface area contributed by atoms with Gasteiger partial charge in [-0.1, -0.05) is 12.8 Å². The third kappa shape index (κ3) is 5.16. The van der Waals surface area contributed by atoms with Crippen LogP contribution in [0.3, 0.4) is 0 Å². The fourth-order valence-electron chi connectivity index (χ4n) is 2.57. The van der Waals surface area contributed by atoms with E-state index in [0.29, 0.717) is 13.0 Å². The molecule has 1 aliphatic carbocycles. The first kappa shape index (κ1) is 16.4. The van der Waals surface area contributed by atoms with Gasteiger partial charge in [0.25, 0.3) is 0 Å². The Morgan fingerprint density at radius 1 is 1.25 bits per heavy atom. The highest BCUT2D eigenvalue weighted by Crippen LogP contribution is 2.29. The molecule has 0 bridgehead atoms. The summed E-state index contributed by atoms with van der Waals surface area (Å²) in [7, 11) is 0. The van der Waals surface area contributed by atoms with Gasteiger partial charge in [0.2, 0.25) is 11.8 Å². The zero-order chi connectivity index (χ0) is 15.1. The standard InChI is InChI=1S/C13H23N3O4/c14-10(5-6-11(15)17)12(18)16-7-8-3-1-2-4-9(8)13(19)20/h8-10H,1-7,14H2,(H2,15,17)(H,16,18)(H,19,20)/t8-,9-,10-/m0/s1. The molecular formula is C13H23N3O4. The zero-order valence-corrected chi connectivity index (χ0v) is 11.5. The van der Waals surface area contributed by atoms with Crippen molar-refractivity contribution < 1.29 is 19.5 Å². The van der Waals surface area contributed by atoms with Gasteiger partial charge in [-0.3, -0.25) is 14.4 Å². The second-order valence-corrected chi connectivity index (χ2v) is 5.35. The molecule has 7 heteroatoms. The van der Waals surface area contributed by atoms with Crippen LogP contribution in [0.2, 0.25) is 0 Å². The van der Waals surface area contributed by atoms with E-state index in [2.05, 4.69) is 5.32 Å². The number of nitrogens with two attached hydrogens (primary N) is 2. The number of rotatable bonds is 7. The Balaban J connectivity index is 2.38. The van der Waals surface area contributed by atoms with Crippen LogP contribution in [-0.4, -0.2) is 35.5 Å². The van der Waals surface area contributed by atoms with Crippen LogP contribution in [0.5, 0.6) is 0 Å². The van der Waals surface area contributed by atoms with E-state index < -0.39 is 23.8 Å². The highest BCUT2D eigenvalue weighted by Gasteiger charge is 2.31. The van der Waals surface area contributed by atoms with E-state index in [1.165, 1.54) is 0 Å². The minimum atomic E-state index is -0.804. The van der Waals surface area contributed by atoms with Gasteiger partial charge in [-0.15, -0.1) is 0 Å². The molecule has 1 rings (SSSR count). The van der Waals surface area contributed by atoms with E-state index in [1.807, 2.05) is 0 Å². The third-order valence-electron chi connectivity index (χ3n) is 3.80. The summed E-state index contributed by atoms with van der Waals surface area (Å²) in [5, 5.41) is 11.8. The molecular weight excluding hydrogens is 262 g/mol. The third-order valence-corrected chi connectivity index (χ3v) is 3.80. The first-order valence-electron chi connectivity index (χ1n) is 6.96.